The standard InChI is InChI=1S/C69H120O6/c1-4-7-10-13-16-19-22-25-27-29-30-31-32-33-34-35-36-37-38-40-41-44-47-50-53-56-59-62-68(71)74-65-66(64-73-67(70)61-58-55-52-49-46-43-24-21-18-15-12-9-6-3)75-69(72)63-60-57-54-51-48-45-42-39-28-26-23-20-17-14-11-8-5-2/h9,12,18,21-22,25-26,28-30,32-33,43,46,66H,4-8,10-11,13-17,19-20,23-24,27,31,34-42,44-45,47-65H2,1-3H3/b12-9-,21-18-,25-22-,28-26-,30-29-,33-32-,46-43-. The van der Waals surface area contributed by atoms with Crippen LogP contribution in [0.2, 0.25) is 0 Å². The number of allylic oxidation sites excluding steroid dienone is 14. The molecule has 6 nitrogen and oxygen atoms in total. The van der Waals surface area contributed by atoms with Gasteiger partial charge in [-0.05, 0) is 116 Å². The Labute approximate surface area is 465 Å². The summed E-state index contributed by atoms with van der Waals surface area (Å²) in [7, 11) is 0. The molecule has 6 heteroatoms. The van der Waals surface area contributed by atoms with Gasteiger partial charge in [0.2, 0.25) is 0 Å². The molecule has 0 fully saturated rings. The molecule has 0 aliphatic heterocycles. The zero-order valence-corrected chi connectivity index (χ0v) is 49.6. The Hall–Kier alpha value is -3.41. The molecule has 432 valence electrons. The Morgan fingerprint density at radius 1 is 0.280 bits per heavy atom. The molecule has 0 N–H and O–H groups in total. The van der Waals surface area contributed by atoms with Gasteiger partial charge in [0, 0.05) is 19.3 Å². The van der Waals surface area contributed by atoms with Gasteiger partial charge in [-0.25, -0.2) is 0 Å². The summed E-state index contributed by atoms with van der Waals surface area (Å²) in [6.45, 7) is 6.51. The highest BCUT2D eigenvalue weighted by Gasteiger charge is 2.19. The van der Waals surface area contributed by atoms with E-state index in [4.69, 9.17) is 14.2 Å². The van der Waals surface area contributed by atoms with Crippen molar-refractivity contribution in [3.05, 3.63) is 85.1 Å². The second kappa shape index (κ2) is 63.1. The number of hydrogen-bond donors (Lipinski definition) is 0. The van der Waals surface area contributed by atoms with Gasteiger partial charge in [-0.1, -0.05) is 266 Å². The van der Waals surface area contributed by atoms with Crippen LogP contribution in [0.25, 0.3) is 0 Å². The number of carbonyl (C=O) groups excluding carboxylic acids is 3. The van der Waals surface area contributed by atoms with Crippen LogP contribution >= 0.6 is 0 Å². The minimum absolute atomic E-state index is 0.0876. The largest absolute Gasteiger partial charge is 0.462 e. The van der Waals surface area contributed by atoms with Crippen LogP contribution in [0.1, 0.15) is 316 Å². The highest BCUT2D eigenvalue weighted by atomic mass is 16.6. The SMILES string of the molecule is CC/C=C\C/C=C\C/C=C\CCCCCC(=O)OCC(COC(=O)CCCCCCCCCCCCCC/C=C\C/C=C\C/C=C\CCCCCCC)OC(=O)CCCCCCCCC/C=C\CCCCCCCC. The van der Waals surface area contributed by atoms with E-state index >= 15 is 0 Å². The van der Waals surface area contributed by atoms with Crippen molar-refractivity contribution in [1.82, 2.24) is 0 Å². The van der Waals surface area contributed by atoms with Crippen LogP contribution in [0.5, 0.6) is 0 Å². The fraction of sp³-hybridized carbons (Fsp3) is 0.754. The van der Waals surface area contributed by atoms with Gasteiger partial charge in [-0.15, -0.1) is 0 Å². The molecule has 0 bridgehead atoms. The van der Waals surface area contributed by atoms with Crippen LogP contribution < -0.4 is 0 Å². The molecule has 0 saturated heterocycles. The zero-order chi connectivity index (χ0) is 54.3. The number of carbonyl (C=O) groups is 3. The number of ether oxygens (including phenoxy) is 3. The molecule has 0 saturated carbocycles. The quantitative estimate of drug-likeness (QED) is 0.0261. The van der Waals surface area contributed by atoms with E-state index in [2.05, 4.69) is 106 Å². The normalized spacial score (nSPS) is 12.6. The molecule has 0 heterocycles. The van der Waals surface area contributed by atoms with Gasteiger partial charge in [0.25, 0.3) is 0 Å². The molecule has 75 heavy (non-hydrogen) atoms. The van der Waals surface area contributed by atoms with Crippen molar-refractivity contribution in [3.63, 3.8) is 0 Å². The van der Waals surface area contributed by atoms with E-state index in [1.54, 1.807) is 0 Å². The summed E-state index contributed by atoms with van der Waals surface area (Å²) in [6, 6.07) is 0. The van der Waals surface area contributed by atoms with E-state index < -0.39 is 6.10 Å². The Kier molecular flexibility index (Phi) is 60.3. The molecular formula is C69H120O6. The van der Waals surface area contributed by atoms with Gasteiger partial charge >= 0.3 is 17.9 Å². The molecule has 0 aromatic carbocycles. The van der Waals surface area contributed by atoms with Gasteiger partial charge in [0.05, 0.1) is 0 Å². The van der Waals surface area contributed by atoms with Gasteiger partial charge in [0.1, 0.15) is 13.2 Å². The third kappa shape index (κ3) is 61.3. The molecule has 0 amide bonds. The Morgan fingerprint density at radius 2 is 0.520 bits per heavy atom. The first-order chi connectivity index (χ1) is 37.0. The smallest absolute Gasteiger partial charge is 0.306 e. The zero-order valence-electron chi connectivity index (χ0n) is 49.6. The summed E-state index contributed by atoms with van der Waals surface area (Å²) in [4.78, 5) is 38.3. The topological polar surface area (TPSA) is 78.9 Å². The van der Waals surface area contributed by atoms with Crippen LogP contribution in [0.15, 0.2) is 85.1 Å². The fourth-order valence-electron chi connectivity index (χ4n) is 9.05. The van der Waals surface area contributed by atoms with Crippen molar-refractivity contribution in [3.8, 4) is 0 Å². The van der Waals surface area contributed by atoms with Crippen molar-refractivity contribution in [2.24, 2.45) is 0 Å². The maximum absolute atomic E-state index is 12.9. The van der Waals surface area contributed by atoms with Crippen LogP contribution in [0.4, 0.5) is 0 Å². The molecule has 1 atom stereocenters. The predicted octanol–water partition coefficient (Wildman–Crippen LogP) is 21.9. The summed E-state index contributed by atoms with van der Waals surface area (Å²) in [5.41, 5.74) is 0. The molecule has 0 spiro atoms. The lowest BCUT2D eigenvalue weighted by atomic mass is 10.0. The molecule has 0 aliphatic rings. The minimum atomic E-state index is -0.792. The highest BCUT2D eigenvalue weighted by Crippen LogP contribution is 2.16. The number of hydrogen-bond acceptors (Lipinski definition) is 6. The number of esters is 3. The third-order valence-corrected chi connectivity index (χ3v) is 13.9. The van der Waals surface area contributed by atoms with E-state index in [1.807, 2.05) is 0 Å². The summed E-state index contributed by atoms with van der Waals surface area (Å²) in [6.07, 6.45) is 83.1. The molecule has 0 radical (unpaired) electrons. The first-order valence-electron chi connectivity index (χ1n) is 32.1. The summed E-state index contributed by atoms with van der Waals surface area (Å²) in [5.74, 6) is -0.914. The van der Waals surface area contributed by atoms with Gasteiger partial charge in [-0.3, -0.25) is 14.4 Å². The summed E-state index contributed by atoms with van der Waals surface area (Å²) in [5, 5.41) is 0. The van der Waals surface area contributed by atoms with Crippen LogP contribution in [-0.4, -0.2) is 37.2 Å². The van der Waals surface area contributed by atoms with Gasteiger partial charge in [0.15, 0.2) is 6.10 Å². The molecule has 0 aliphatic carbocycles. The second-order valence-electron chi connectivity index (χ2n) is 21.3. The molecule has 0 rings (SSSR count). The monoisotopic (exact) mass is 1040 g/mol. The Morgan fingerprint density at radius 3 is 0.840 bits per heavy atom. The van der Waals surface area contributed by atoms with E-state index in [1.165, 1.54) is 180 Å². The predicted molar refractivity (Wildman–Crippen MR) is 325 cm³/mol. The summed E-state index contributed by atoms with van der Waals surface area (Å²) >= 11 is 0. The Balaban J connectivity index is 4.29. The molecule has 0 aromatic rings. The number of rotatable bonds is 58. The third-order valence-electron chi connectivity index (χ3n) is 13.9. The Bertz CT molecular complexity index is 1430. The van der Waals surface area contributed by atoms with Crippen molar-refractivity contribution >= 4 is 17.9 Å². The van der Waals surface area contributed by atoms with E-state index in [9.17, 15) is 14.4 Å². The first-order valence-corrected chi connectivity index (χ1v) is 32.1. The molecular weight excluding hydrogens is 925 g/mol. The lowest BCUT2D eigenvalue weighted by Gasteiger charge is -2.18. The fourth-order valence-corrected chi connectivity index (χ4v) is 9.05. The maximum atomic E-state index is 12.9. The van der Waals surface area contributed by atoms with Crippen molar-refractivity contribution in [2.75, 3.05) is 13.2 Å². The van der Waals surface area contributed by atoms with Crippen LogP contribution in [0, 0.1) is 0 Å². The van der Waals surface area contributed by atoms with Crippen LogP contribution in [-0.2, 0) is 28.6 Å². The first kappa shape index (κ1) is 71.6. The lowest BCUT2D eigenvalue weighted by molar-refractivity contribution is -0.167. The van der Waals surface area contributed by atoms with Crippen molar-refractivity contribution in [2.45, 2.75) is 322 Å². The van der Waals surface area contributed by atoms with E-state index in [-0.39, 0.29) is 31.1 Å². The minimum Gasteiger partial charge on any atom is -0.462 e. The number of unbranched alkanes of at least 4 members (excludes halogenated alkanes) is 33. The van der Waals surface area contributed by atoms with Gasteiger partial charge in [-0.2, -0.15) is 0 Å². The highest BCUT2D eigenvalue weighted by molar-refractivity contribution is 5.71. The van der Waals surface area contributed by atoms with Crippen LogP contribution in [0.3, 0.4) is 0 Å². The average Bonchev–Trinajstić information content (AvgIpc) is 3.41. The van der Waals surface area contributed by atoms with Crippen molar-refractivity contribution < 1.29 is 28.6 Å². The summed E-state index contributed by atoms with van der Waals surface area (Å²) < 4.78 is 16.9. The molecule has 0 aromatic heterocycles. The lowest BCUT2D eigenvalue weighted by Crippen LogP contribution is -2.30. The van der Waals surface area contributed by atoms with E-state index in [0.717, 1.165) is 96.3 Å². The van der Waals surface area contributed by atoms with Gasteiger partial charge < -0.3 is 14.2 Å². The maximum Gasteiger partial charge on any atom is 0.306 e. The van der Waals surface area contributed by atoms with E-state index in [0.29, 0.717) is 19.3 Å². The molecule has 1 unspecified atom stereocenters. The average molecular weight is 1050 g/mol. The second-order valence-corrected chi connectivity index (χ2v) is 21.3. The van der Waals surface area contributed by atoms with Crippen molar-refractivity contribution in [1.29, 1.82) is 0 Å².